The van der Waals surface area contributed by atoms with Crippen LogP contribution in [0.15, 0.2) is 194 Å². The van der Waals surface area contributed by atoms with E-state index in [4.69, 9.17) is 0 Å². The minimum atomic E-state index is -0.142. The van der Waals surface area contributed by atoms with E-state index in [-0.39, 0.29) is 10.8 Å². The predicted molar refractivity (Wildman–Crippen MR) is 293 cm³/mol. The first kappa shape index (κ1) is 39.2. The van der Waals surface area contributed by atoms with Crippen LogP contribution in [-0.2, 0) is 10.8 Å². The first-order chi connectivity index (χ1) is 33.0. The van der Waals surface area contributed by atoms with Crippen LogP contribution in [0.3, 0.4) is 0 Å². The summed E-state index contributed by atoms with van der Waals surface area (Å²) in [6.07, 6.45) is 0. The zero-order valence-electron chi connectivity index (χ0n) is 39.4. The standard InChI is InChI=1S/C66H50N2/c1-65(2,3)63-49-23-15-21-47-52(40-31-35-42(36-32-40)68-57-27-13-9-19-45(57)46-20-10-14-28-58(46)68)38-54-62(59(47)49)61-53(63)37-51(48-22-16-24-50(60(48)61)64(54)66(4,5)6)39-29-33-41(34-30-39)67-55-25-11-7-17-43(55)44-18-8-12-26-56(44)67/h7-38H,1-6H3. The van der Waals surface area contributed by atoms with Crippen molar-refractivity contribution in [3.05, 3.63) is 205 Å². The Morgan fingerprint density at radius 1 is 0.265 bits per heavy atom. The molecule has 68 heavy (non-hydrogen) atoms. The smallest absolute Gasteiger partial charge is 0.0541 e. The monoisotopic (exact) mass is 870 g/mol. The maximum absolute atomic E-state index is 2.55. The number of hydrogen-bond donors (Lipinski definition) is 0. The summed E-state index contributed by atoms with van der Waals surface area (Å²) in [5.74, 6) is 0. The molecule has 0 spiro atoms. The second-order valence-electron chi connectivity index (χ2n) is 21.2. The van der Waals surface area contributed by atoms with Crippen LogP contribution < -0.4 is 0 Å². The Hall–Kier alpha value is -7.94. The molecule has 0 atom stereocenters. The molecule has 14 aromatic rings. The van der Waals surface area contributed by atoms with E-state index in [0.717, 1.165) is 0 Å². The van der Waals surface area contributed by atoms with E-state index < -0.39 is 0 Å². The molecule has 2 heteroatoms. The van der Waals surface area contributed by atoms with Gasteiger partial charge in [0.05, 0.1) is 22.1 Å². The molecular formula is C66H50N2. The largest absolute Gasteiger partial charge is 0.309 e. The van der Waals surface area contributed by atoms with Crippen LogP contribution in [0.25, 0.3) is 131 Å². The molecule has 2 nitrogen and oxygen atoms in total. The molecule has 0 fully saturated rings. The number of para-hydroxylation sites is 4. The summed E-state index contributed by atoms with van der Waals surface area (Å²) in [6.45, 7) is 14.4. The summed E-state index contributed by atoms with van der Waals surface area (Å²) in [7, 11) is 0. The lowest BCUT2D eigenvalue weighted by atomic mass is 9.71. The lowest BCUT2D eigenvalue weighted by Crippen LogP contribution is -2.16. The van der Waals surface area contributed by atoms with Gasteiger partial charge < -0.3 is 9.13 Å². The maximum Gasteiger partial charge on any atom is 0.0541 e. The Balaban J connectivity index is 1.03. The van der Waals surface area contributed by atoms with Crippen molar-refractivity contribution >= 4 is 97.5 Å². The normalized spacial score (nSPS) is 12.9. The summed E-state index contributed by atoms with van der Waals surface area (Å²) >= 11 is 0. The van der Waals surface area contributed by atoms with Crippen LogP contribution in [-0.4, -0.2) is 9.13 Å². The molecule has 0 radical (unpaired) electrons. The van der Waals surface area contributed by atoms with Crippen molar-refractivity contribution < 1.29 is 0 Å². The van der Waals surface area contributed by atoms with Gasteiger partial charge in [0.25, 0.3) is 0 Å². The molecular weight excluding hydrogens is 821 g/mol. The highest BCUT2D eigenvalue weighted by atomic mass is 15.0. The lowest BCUT2D eigenvalue weighted by molar-refractivity contribution is 0.600. The van der Waals surface area contributed by atoms with Crippen molar-refractivity contribution in [2.75, 3.05) is 0 Å². The van der Waals surface area contributed by atoms with Crippen molar-refractivity contribution in [1.29, 1.82) is 0 Å². The van der Waals surface area contributed by atoms with Gasteiger partial charge in [-0.25, -0.2) is 0 Å². The van der Waals surface area contributed by atoms with Crippen molar-refractivity contribution in [1.82, 2.24) is 9.13 Å². The molecule has 0 saturated carbocycles. The number of fused-ring (bicyclic) bond motifs is 6. The van der Waals surface area contributed by atoms with Gasteiger partial charge in [-0.15, -0.1) is 0 Å². The molecule has 324 valence electrons. The Bertz CT molecular complexity index is 3960. The summed E-state index contributed by atoms with van der Waals surface area (Å²) in [4.78, 5) is 0. The van der Waals surface area contributed by atoms with Gasteiger partial charge in [-0.05, 0) is 159 Å². The fourth-order valence-electron chi connectivity index (χ4n) is 12.6. The number of rotatable bonds is 4. The summed E-state index contributed by atoms with van der Waals surface area (Å²) < 4.78 is 4.83. The van der Waals surface area contributed by atoms with E-state index in [0.29, 0.717) is 0 Å². The molecule has 0 aliphatic heterocycles. The lowest BCUT2D eigenvalue weighted by Gasteiger charge is -2.32. The van der Waals surface area contributed by atoms with E-state index in [9.17, 15) is 0 Å². The molecule has 0 amide bonds. The van der Waals surface area contributed by atoms with Gasteiger partial charge in [0.2, 0.25) is 0 Å². The quantitative estimate of drug-likeness (QED) is 0.123. The average molecular weight is 871 g/mol. The van der Waals surface area contributed by atoms with E-state index in [1.807, 2.05) is 0 Å². The second kappa shape index (κ2) is 13.8. The van der Waals surface area contributed by atoms with Gasteiger partial charge in [-0.1, -0.05) is 175 Å². The first-order valence-electron chi connectivity index (χ1n) is 24.2. The molecule has 0 saturated heterocycles. The van der Waals surface area contributed by atoms with Crippen molar-refractivity contribution in [3.63, 3.8) is 0 Å². The van der Waals surface area contributed by atoms with Crippen LogP contribution in [0.2, 0.25) is 0 Å². The zero-order chi connectivity index (χ0) is 45.8. The van der Waals surface area contributed by atoms with Crippen LogP contribution in [0.1, 0.15) is 52.7 Å². The Morgan fingerprint density at radius 3 is 0.882 bits per heavy atom. The minimum absolute atomic E-state index is 0.142. The molecule has 14 rings (SSSR count). The highest BCUT2D eigenvalue weighted by molar-refractivity contribution is 6.41. The summed E-state index contributed by atoms with van der Waals surface area (Å²) in [6, 6.07) is 73.1. The number of aromatic nitrogens is 2. The molecule has 0 N–H and O–H groups in total. The van der Waals surface area contributed by atoms with Gasteiger partial charge in [0, 0.05) is 32.9 Å². The first-order valence-corrected chi connectivity index (χ1v) is 24.2. The van der Waals surface area contributed by atoms with Gasteiger partial charge in [-0.2, -0.15) is 0 Å². The third-order valence-electron chi connectivity index (χ3n) is 15.2. The SMILES string of the molecule is CC(C)(C)c1c2cccc3c(-c4ccc(-n5c6ccccc6c6ccccc65)cc4)cc4c(C(C)(C)C)c5cccc6c(-c7ccc(-n8c9ccccc9c9ccccc98)cc7)cc1c(c65)c4c32. The molecule has 2 heterocycles. The molecule has 0 unspecified atom stereocenters. The molecule has 12 aromatic carbocycles. The van der Waals surface area contributed by atoms with E-state index in [1.165, 1.54) is 142 Å². The van der Waals surface area contributed by atoms with Crippen molar-refractivity contribution in [2.24, 2.45) is 0 Å². The minimum Gasteiger partial charge on any atom is -0.309 e. The zero-order valence-corrected chi connectivity index (χ0v) is 39.4. The number of benzene rings is 12. The van der Waals surface area contributed by atoms with Crippen molar-refractivity contribution in [2.45, 2.75) is 52.4 Å². The maximum atomic E-state index is 2.55. The third-order valence-corrected chi connectivity index (χ3v) is 15.2. The fraction of sp³-hybridized carbons (Fsp3) is 0.121. The van der Waals surface area contributed by atoms with Crippen LogP contribution in [0.4, 0.5) is 0 Å². The van der Waals surface area contributed by atoms with Gasteiger partial charge in [-0.3, -0.25) is 0 Å². The third kappa shape index (κ3) is 5.34. The van der Waals surface area contributed by atoms with Gasteiger partial charge >= 0.3 is 0 Å². The van der Waals surface area contributed by atoms with E-state index in [1.54, 1.807) is 0 Å². The van der Waals surface area contributed by atoms with Crippen LogP contribution >= 0.6 is 0 Å². The van der Waals surface area contributed by atoms with Crippen molar-refractivity contribution in [3.8, 4) is 33.6 Å². The van der Waals surface area contributed by atoms with Crippen LogP contribution in [0.5, 0.6) is 0 Å². The van der Waals surface area contributed by atoms with Gasteiger partial charge in [0.1, 0.15) is 0 Å². The number of hydrogen-bond acceptors (Lipinski definition) is 0. The average Bonchev–Trinajstić information content (AvgIpc) is 3.87. The molecule has 0 aliphatic rings. The topological polar surface area (TPSA) is 9.86 Å². The summed E-state index contributed by atoms with van der Waals surface area (Å²) in [5, 5.41) is 18.7. The van der Waals surface area contributed by atoms with Gasteiger partial charge in [0.15, 0.2) is 0 Å². The Kier molecular flexibility index (Phi) is 7.97. The fourth-order valence-corrected chi connectivity index (χ4v) is 12.6. The Labute approximate surface area is 396 Å². The molecule has 0 aliphatic carbocycles. The Morgan fingerprint density at radius 2 is 0.559 bits per heavy atom. The highest BCUT2D eigenvalue weighted by Gasteiger charge is 2.31. The predicted octanol–water partition coefficient (Wildman–Crippen LogP) is 18.5. The van der Waals surface area contributed by atoms with E-state index >= 15 is 0 Å². The molecule has 2 aromatic heterocycles. The number of nitrogens with zero attached hydrogens (tertiary/aromatic N) is 2. The summed E-state index contributed by atoms with van der Waals surface area (Å²) in [5.41, 5.74) is 14.8. The van der Waals surface area contributed by atoms with E-state index in [2.05, 4.69) is 245 Å². The van der Waals surface area contributed by atoms with Crippen LogP contribution in [0, 0.1) is 0 Å². The molecule has 0 bridgehead atoms. The second-order valence-corrected chi connectivity index (χ2v) is 21.2. The highest BCUT2D eigenvalue weighted by Crippen LogP contribution is 2.54.